The molecule has 1 aromatic heterocycles. The first-order valence-corrected chi connectivity index (χ1v) is 24.1. The first kappa shape index (κ1) is 41.0. The molecule has 0 aliphatic carbocycles. The molecule has 0 saturated heterocycles. The van der Waals surface area contributed by atoms with Crippen LogP contribution in [0.3, 0.4) is 0 Å². The quantitative estimate of drug-likeness (QED) is 0.140. The molecule has 13 aromatic rings. The summed E-state index contributed by atoms with van der Waals surface area (Å²) in [5, 5.41) is 7.53. The topological polar surface area (TPSA) is 8.17 Å². The van der Waals surface area contributed by atoms with Gasteiger partial charge in [0.25, 0.3) is 0 Å². The van der Waals surface area contributed by atoms with E-state index in [1.807, 2.05) is 0 Å². The second kappa shape index (κ2) is 17.4. The monoisotopic (exact) mass is 890 g/mol. The summed E-state index contributed by atoms with van der Waals surface area (Å²) in [7, 11) is 0. The molecule has 328 valence electrons. The summed E-state index contributed by atoms with van der Waals surface area (Å²) in [6.45, 7) is 0. The van der Waals surface area contributed by atoms with Crippen molar-refractivity contribution in [1.82, 2.24) is 4.57 Å². The van der Waals surface area contributed by atoms with E-state index < -0.39 is 0 Å². The Hall–Kier alpha value is -9.24. The Morgan fingerprint density at radius 3 is 1.27 bits per heavy atom. The number of para-hydroxylation sites is 2. The Morgan fingerprint density at radius 1 is 0.243 bits per heavy atom. The van der Waals surface area contributed by atoms with E-state index in [0.717, 1.165) is 28.3 Å². The maximum absolute atomic E-state index is 2.39. The van der Waals surface area contributed by atoms with Crippen LogP contribution >= 0.6 is 0 Å². The number of nitrogens with zero attached hydrogens (tertiary/aromatic N) is 2. The molecule has 70 heavy (non-hydrogen) atoms. The van der Waals surface area contributed by atoms with Crippen molar-refractivity contribution in [3.05, 3.63) is 279 Å². The number of hydrogen-bond donors (Lipinski definition) is 0. The van der Waals surface area contributed by atoms with Crippen molar-refractivity contribution in [3.63, 3.8) is 0 Å². The molecule has 0 atom stereocenters. The van der Waals surface area contributed by atoms with Gasteiger partial charge < -0.3 is 9.47 Å². The smallest absolute Gasteiger partial charge is 0.0541 e. The molecule has 12 aromatic carbocycles. The highest BCUT2D eigenvalue weighted by atomic mass is 15.1. The molecule has 0 amide bonds. The highest BCUT2D eigenvalue weighted by Crippen LogP contribution is 2.42. The predicted octanol–water partition coefficient (Wildman–Crippen LogP) is 18.9. The van der Waals surface area contributed by atoms with E-state index >= 15 is 0 Å². The number of benzene rings is 12. The van der Waals surface area contributed by atoms with Gasteiger partial charge in [-0.05, 0) is 144 Å². The number of hydrogen-bond acceptors (Lipinski definition) is 1. The number of aromatic nitrogens is 1. The number of anilines is 3. The molecule has 0 fully saturated rings. The lowest BCUT2D eigenvalue weighted by atomic mass is 9.91. The van der Waals surface area contributed by atoms with Crippen LogP contribution in [0, 0.1) is 0 Å². The van der Waals surface area contributed by atoms with Gasteiger partial charge in [0.1, 0.15) is 0 Å². The molecule has 1 heterocycles. The van der Waals surface area contributed by atoms with Gasteiger partial charge in [0.15, 0.2) is 0 Å². The van der Waals surface area contributed by atoms with Gasteiger partial charge in [0, 0.05) is 33.5 Å². The van der Waals surface area contributed by atoms with Gasteiger partial charge in [-0.3, -0.25) is 0 Å². The van der Waals surface area contributed by atoms with Crippen molar-refractivity contribution in [2.45, 2.75) is 0 Å². The highest BCUT2D eigenvalue weighted by molar-refractivity contribution is 6.09. The molecule has 0 spiro atoms. The molecule has 2 heteroatoms. The molecular formula is C68H46N2. The van der Waals surface area contributed by atoms with E-state index in [1.165, 1.54) is 93.4 Å². The van der Waals surface area contributed by atoms with Crippen LogP contribution in [0.15, 0.2) is 279 Å². The summed E-state index contributed by atoms with van der Waals surface area (Å²) in [6.07, 6.45) is 0. The number of rotatable bonds is 9. The fourth-order valence-electron chi connectivity index (χ4n) is 10.7. The fraction of sp³-hybridized carbons (Fsp3) is 0. The minimum absolute atomic E-state index is 1.08. The van der Waals surface area contributed by atoms with E-state index in [4.69, 9.17) is 0 Å². The molecule has 0 aliphatic rings. The SMILES string of the molecule is c1ccc(-c2cccc3cccc(-c4ccc(N(c5ccc(-c6cccc(-c7cccc8ccccc78)c6)cc5)c5ccc(-c6cccc(-n7c8ccccc8c8ccccc87)c6)cc5)cc4)c23)cc1. The minimum atomic E-state index is 1.08. The molecule has 0 aliphatic heterocycles. The van der Waals surface area contributed by atoms with Gasteiger partial charge in [0.2, 0.25) is 0 Å². The molecular weight excluding hydrogens is 845 g/mol. The third-order valence-electron chi connectivity index (χ3n) is 14.0. The fourth-order valence-corrected chi connectivity index (χ4v) is 10.7. The van der Waals surface area contributed by atoms with Crippen molar-refractivity contribution in [2.24, 2.45) is 0 Å². The van der Waals surface area contributed by atoms with Crippen molar-refractivity contribution in [1.29, 1.82) is 0 Å². The molecule has 0 unspecified atom stereocenters. The van der Waals surface area contributed by atoms with Crippen molar-refractivity contribution in [2.75, 3.05) is 4.90 Å². The summed E-state index contributed by atoms with van der Waals surface area (Å²) in [4.78, 5) is 2.37. The zero-order valence-electron chi connectivity index (χ0n) is 38.5. The summed E-state index contributed by atoms with van der Waals surface area (Å²) >= 11 is 0. The summed E-state index contributed by atoms with van der Waals surface area (Å²) in [6, 6.07) is 102. The maximum atomic E-state index is 2.39. The van der Waals surface area contributed by atoms with Crippen LogP contribution in [0.2, 0.25) is 0 Å². The Bertz CT molecular complexity index is 3970. The standard InChI is InChI=1S/C68H46N2/c1-2-15-50(16-3-1)62-29-13-19-52-20-14-30-63(68(52)62)51-37-43-58(44-38-51)69(56-39-33-47(34-40-56)53-21-10-23-55(45-53)61-28-12-18-49-17-4-5-25-60(49)61)57-41-35-48(36-42-57)54-22-11-24-59(46-54)70-66-31-8-6-26-64(66)65-27-7-9-32-67(65)70/h1-46H. The predicted molar refractivity (Wildman–Crippen MR) is 298 cm³/mol. The summed E-state index contributed by atoms with van der Waals surface area (Å²) in [5.74, 6) is 0. The second-order valence-electron chi connectivity index (χ2n) is 18.1. The average molecular weight is 891 g/mol. The maximum Gasteiger partial charge on any atom is 0.0541 e. The lowest BCUT2D eigenvalue weighted by molar-refractivity contribution is 1.18. The van der Waals surface area contributed by atoms with Crippen LogP contribution < -0.4 is 4.90 Å². The zero-order valence-corrected chi connectivity index (χ0v) is 38.5. The lowest BCUT2D eigenvalue weighted by Crippen LogP contribution is -2.09. The van der Waals surface area contributed by atoms with E-state index in [1.54, 1.807) is 0 Å². The van der Waals surface area contributed by atoms with Gasteiger partial charge in [-0.2, -0.15) is 0 Å². The van der Waals surface area contributed by atoms with Crippen molar-refractivity contribution >= 4 is 60.4 Å². The van der Waals surface area contributed by atoms with E-state index in [0.29, 0.717) is 0 Å². The Labute approximate surface area is 408 Å². The molecule has 0 radical (unpaired) electrons. The molecule has 0 saturated carbocycles. The first-order valence-electron chi connectivity index (χ1n) is 24.1. The first-order chi connectivity index (χ1) is 34.7. The average Bonchev–Trinajstić information content (AvgIpc) is 3.78. The van der Waals surface area contributed by atoms with Crippen LogP contribution in [0.5, 0.6) is 0 Å². The van der Waals surface area contributed by atoms with Crippen LogP contribution in [0.25, 0.3) is 105 Å². The Kier molecular flexibility index (Phi) is 10.2. The van der Waals surface area contributed by atoms with E-state index in [9.17, 15) is 0 Å². The molecule has 13 rings (SSSR count). The molecule has 2 nitrogen and oxygen atoms in total. The van der Waals surface area contributed by atoms with Gasteiger partial charge in [0.05, 0.1) is 11.0 Å². The van der Waals surface area contributed by atoms with Gasteiger partial charge in [-0.15, -0.1) is 0 Å². The zero-order chi connectivity index (χ0) is 46.4. The minimum Gasteiger partial charge on any atom is -0.311 e. The number of fused-ring (bicyclic) bond motifs is 5. The largest absolute Gasteiger partial charge is 0.311 e. The Balaban J connectivity index is 0.882. The third kappa shape index (κ3) is 7.31. The third-order valence-corrected chi connectivity index (χ3v) is 14.0. The van der Waals surface area contributed by atoms with Crippen molar-refractivity contribution in [3.8, 4) is 61.3 Å². The van der Waals surface area contributed by atoms with Crippen LogP contribution in [-0.2, 0) is 0 Å². The summed E-state index contributed by atoms with van der Waals surface area (Å²) < 4.78 is 2.39. The van der Waals surface area contributed by atoms with Gasteiger partial charge in [-0.1, -0.05) is 212 Å². The second-order valence-corrected chi connectivity index (χ2v) is 18.1. The highest BCUT2D eigenvalue weighted by Gasteiger charge is 2.17. The lowest BCUT2D eigenvalue weighted by Gasteiger charge is -2.26. The van der Waals surface area contributed by atoms with E-state index in [2.05, 4.69) is 289 Å². The van der Waals surface area contributed by atoms with Gasteiger partial charge >= 0.3 is 0 Å². The van der Waals surface area contributed by atoms with E-state index in [-0.39, 0.29) is 0 Å². The normalized spacial score (nSPS) is 11.4. The molecule has 0 bridgehead atoms. The van der Waals surface area contributed by atoms with Crippen molar-refractivity contribution < 1.29 is 0 Å². The van der Waals surface area contributed by atoms with Crippen LogP contribution in [0.4, 0.5) is 17.1 Å². The Morgan fingerprint density at radius 2 is 0.657 bits per heavy atom. The summed E-state index contributed by atoms with van der Waals surface area (Å²) in [5.41, 5.74) is 18.8. The van der Waals surface area contributed by atoms with Gasteiger partial charge in [-0.25, -0.2) is 0 Å². The molecule has 0 N–H and O–H groups in total. The van der Waals surface area contributed by atoms with Crippen LogP contribution in [0.1, 0.15) is 0 Å². The van der Waals surface area contributed by atoms with Crippen LogP contribution in [-0.4, -0.2) is 4.57 Å².